The summed E-state index contributed by atoms with van der Waals surface area (Å²) in [6.07, 6.45) is 1.66. The van der Waals surface area contributed by atoms with Crippen molar-refractivity contribution in [3.8, 4) is 5.75 Å². The normalized spacial score (nSPS) is 11.9. The second-order valence-electron chi connectivity index (χ2n) is 10.1. The zero-order valence-corrected chi connectivity index (χ0v) is 25.4. The van der Waals surface area contributed by atoms with Gasteiger partial charge in [-0.05, 0) is 72.5 Å². The standard InChI is InChI=1S/C35H35N3O4S/c1-23(2)26-19-17-25(18-20-26)21-31(38-34(40)27-11-6-5-7-12-27)35(41)36-28-13-10-14-29(22-28)43-24(3)33(39)37-30-15-8-9-16-32(30)42-4/h5-24H,1-4H3,(H,36,41)(H,37,39)(H,38,40)/b31-21+. The van der Waals surface area contributed by atoms with Crippen molar-refractivity contribution in [2.75, 3.05) is 17.7 Å². The van der Waals surface area contributed by atoms with Gasteiger partial charge in [0, 0.05) is 16.1 Å². The molecule has 0 spiro atoms. The maximum Gasteiger partial charge on any atom is 0.272 e. The number of anilines is 2. The van der Waals surface area contributed by atoms with Gasteiger partial charge in [0.2, 0.25) is 5.91 Å². The number of rotatable bonds is 11. The number of benzene rings is 4. The minimum absolute atomic E-state index is 0.105. The molecule has 0 saturated carbocycles. The highest BCUT2D eigenvalue weighted by Crippen LogP contribution is 2.29. The summed E-state index contributed by atoms with van der Waals surface area (Å²) in [4.78, 5) is 40.1. The van der Waals surface area contributed by atoms with Gasteiger partial charge in [0.05, 0.1) is 18.0 Å². The Morgan fingerprint density at radius 3 is 2.19 bits per heavy atom. The van der Waals surface area contributed by atoms with Crippen molar-refractivity contribution < 1.29 is 19.1 Å². The lowest BCUT2D eigenvalue weighted by molar-refractivity contribution is -0.115. The molecule has 4 rings (SSSR count). The van der Waals surface area contributed by atoms with Gasteiger partial charge in [-0.3, -0.25) is 14.4 Å². The van der Waals surface area contributed by atoms with Crippen LogP contribution in [0.15, 0.2) is 114 Å². The van der Waals surface area contributed by atoms with E-state index < -0.39 is 11.2 Å². The van der Waals surface area contributed by atoms with Crippen molar-refractivity contribution in [3.05, 3.63) is 126 Å². The molecular formula is C35H35N3O4S. The Bertz CT molecular complexity index is 1600. The number of methoxy groups -OCH3 is 1. The van der Waals surface area contributed by atoms with E-state index in [2.05, 4.69) is 29.8 Å². The topological polar surface area (TPSA) is 96.5 Å². The molecule has 4 aromatic rings. The van der Waals surface area contributed by atoms with Gasteiger partial charge in [-0.15, -0.1) is 11.8 Å². The molecular weight excluding hydrogens is 558 g/mol. The third-order valence-electron chi connectivity index (χ3n) is 6.58. The number of amides is 3. The lowest BCUT2D eigenvalue weighted by Crippen LogP contribution is -2.30. The van der Waals surface area contributed by atoms with Crippen LogP contribution in [0.3, 0.4) is 0 Å². The first-order chi connectivity index (χ1) is 20.7. The Labute approximate surface area is 256 Å². The zero-order chi connectivity index (χ0) is 30.8. The summed E-state index contributed by atoms with van der Waals surface area (Å²) in [5, 5.41) is 8.15. The number of carbonyl (C=O) groups excluding carboxylic acids is 3. The maximum absolute atomic E-state index is 13.5. The molecule has 0 radical (unpaired) electrons. The summed E-state index contributed by atoms with van der Waals surface area (Å²) in [6, 6.07) is 31.1. The first-order valence-electron chi connectivity index (χ1n) is 13.9. The molecule has 0 aromatic heterocycles. The van der Waals surface area contributed by atoms with E-state index in [9.17, 15) is 14.4 Å². The van der Waals surface area contributed by atoms with Gasteiger partial charge in [-0.2, -0.15) is 0 Å². The van der Waals surface area contributed by atoms with Crippen molar-refractivity contribution in [2.45, 2.75) is 36.8 Å². The molecule has 0 aliphatic carbocycles. The quantitative estimate of drug-likeness (QED) is 0.125. The average molecular weight is 594 g/mol. The Kier molecular flexibility index (Phi) is 10.8. The number of hydrogen-bond acceptors (Lipinski definition) is 5. The first kappa shape index (κ1) is 31.1. The largest absolute Gasteiger partial charge is 0.495 e. The van der Waals surface area contributed by atoms with E-state index in [4.69, 9.17) is 4.74 Å². The molecule has 43 heavy (non-hydrogen) atoms. The van der Waals surface area contributed by atoms with Crippen molar-refractivity contribution in [1.82, 2.24) is 5.32 Å². The summed E-state index contributed by atoms with van der Waals surface area (Å²) in [5.74, 6) is -0.0851. The second-order valence-corrected chi connectivity index (χ2v) is 11.5. The van der Waals surface area contributed by atoms with Gasteiger partial charge in [0.25, 0.3) is 11.8 Å². The molecule has 3 amide bonds. The Morgan fingerprint density at radius 2 is 1.49 bits per heavy atom. The van der Waals surface area contributed by atoms with Gasteiger partial charge in [0.1, 0.15) is 11.4 Å². The van der Waals surface area contributed by atoms with Crippen LogP contribution in [0, 0.1) is 0 Å². The second kappa shape index (κ2) is 14.9. The molecule has 0 bridgehead atoms. The maximum atomic E-state index is 13.5. The van der Waals surface area contributed by atoms with Gasteiger partial charge < -0.3 is 20.7 Å². The van der Waals surface area contributed by atoms with Crippen LogP contribution in [0.25, 0.3) is 6.08 Å². The predicted octanol–water partition coefficient (Wildman–Crippen LogP) is 7.35. The number of nitrogens with one attached hydrogen (secondary N) is 3. The van der Waals surface area contributed by atoms with Crippen LogP contribution in [0.1, 0.15) is 48.2 Å². The minimum Gasteiger partial charge on any atom is -0.495 e. The monoisotopic (exact) mass is 593 g/mol. The van der Waals surface area contributed by atoms with Gasteiger partial charge in [0.15, 0.2) is 0 Å². The summed E-state index contributed by atoms with van der Waals surface area (Å²) in [6.45, 7) is 6.04. The van der Waals surface area contributed by atoms with Gasteiger partial charge in [-0.1, -0.05) is 74.5 Å². The Balaban J connectivity index is 1.49. The number of ether oxygens (including phenoxy) is 1. The van der Waals surface area contributed by atoms with Crippen LogP contribution in [-0.2, 0) is 9.59 Å². The number of thioether (sulfide) groups is 1. The van der Waals surface area contributed by atoms with Crippen LogP contribution in [-0.4, -0.2) is 30.1 Å². The zero-order valence-electron chi connectivity index (χ0n) is 24.6. The molecule has 0 aliphatic rings. The smallest absolute Gasteiger partial charge is 0.272 e. The first-order valence-corrected chi connectivity index (χ1v) is 14.8. The molecule has 7 nitrogen and oxygen atoms in total. The highest BCUT2D eigenvalue weighted by Gasteiger charge is 2.18. The van der Waals surface area contributed by atoms with Gasteiger partial charge in [-0.25, -0.2) is 0 Å². The van der Waals surface area contributed by atoms with Crippen molar-refractivity contribution in [2.24, 2.45) is 0 Å². The fourth-order valence-electron chi connectivity index (χ4n) is 4.17. The lowest BCUT2D eigenvalue weighted by atomic mass is 10.0. The molecule has 0 heterocycles. The highest BCUT2D eigenvalue weighted by molar-refractivity contribution is 8.00. The average Bonchev–Trinajstić information content (AvgIpc) is 3.01. The predicted molar refractivity (Wildman–Crippen MR) is 174 cm³/mol. The summed E-state index contributed by atoms with van der Waals surface area (Å²) >= 11 is 1.36. The fraction of sp³-hybridized carbons (Fsp3) is 0.171. The summed E-state index contributed by atoms with van der Waals surface area (Å²) in [5.41, 5.74) is 3.63. The van der Waals surface area contributed by atoms with Crippen molar-refractivity contribution in [1.29, 1.82) is 0 Å². The minimum atomic E-state index is -0.471. The van der Waals surface area contributed by atoms with E-state index in [0.29, 0.717) is 28.6 Å². The van der Waals surface area contributed by atoms with Gasteiger partial charge >= 0.3 is 0 Å². The lowest BCUT2D eigenvalue weighted by Gasteiger charge is -2.15. The van der Waals surface area contributed by atoms with Crippen LogP contribution in [0.2, 0.25) is 0 Å². The number of para-hydroxylation sites is 2. The van der Waals surface area contributed by atoms with E-state index in [-0.39, 0.29) is 17.5 Å². The molecule has 1 unspecified atom stereocenters. The molecule has 8 heteroatoms. The summed E-state index contributed by atoms with van der Waals surface area (Å²) in [7, 11) is 1.55. The SMILES string of the molecule is COc1ccccc1NC(=O)C(C)Sc1cccc(NC(=O)/C(=C\c2ccc(C(C)C)cc2)NC(=O)c2ccccc2)c1. The van der Waals surface area contributed by atoms with E-state index in [1.807, 2.05) is 55.5 Å². The van der Waals surface area contributed by atoms with Crippen LogP contribution >= 0.6 is 11.8 Å². The Morgan fingerprint density at radius 1 is 0.791 bits per heavy atom. The number of carbonyl (C=O) groups is 3. The molecule has 3 N–H and O–H groups in total. The third-order valence-corrected chi connectivity index (χ3v) is 7.68. The molecule has 0 saturated heterocycles. The van der Waals surface area contributed by atoms with Crippen molar-refractivity contribution in [3.63, 3.8) is 0 Å². The van der Waals surface area contributed by atoms with E-state index in [1.54, 1.807) is 67.8 Å². The molecule has 4 aromatic carbocycles. The fourth-order valence-corrected chi connectivity index (χ4v) is 5.10. The van der Waals surface area contributed by atoms with E-state index in [0.717, 1.165) is 10.5 Å². The third kappa shape index (κ3) is 8.83. The Hall–Kier alpha value is -4.82. The molecule has 220 valence electrons. The summed E-state index contributed by atoms with van der Waals surface area (Å²) < 4.78 is 5.32. The molecule has 0 fully saturated rings. The van der Waals surface area contributed by atoms with E-state index >= 15 is 0 Å². The number of hydrogen-bond donors (Lipinski definition) is 3. The van der Waals surface area contributed by atoms with Crippen molar-refractivity contribution >= 4 is 46.9 Å². The van der Waals surface area contributed by atoms with Crippen LogP contribution < -0.4 is 20.7 Å². The molecule has 1 atom stereocenters. The van der Waals surface area contributed by atoms with Crippen LogP contribution in [0.5, 0.6) is 5.75 Å². The highest BCUT2D eigenvalue weighted by atomic mass is 32.2. The molecule has 0 aliphatic heterocycles. The van der Waals surface area contributed by atoms with Crippen LogP contribution in [0.4, 0.5) is 11.4 Å². The van der Waals surface area contributed by atoms with E-state index in [1.165, 1.54) is 17.3 Å².